The lowest BCUT2D eigenvalue weighted by molar-refractivity contribution is -0.119. The summed E-state index contributed by atoms with van der Waals surface area (Å²) in [7, 11) is 0. The highest BCUT2D eigenvalue weighted by atomic mass is 16.1. The molecule has 0 aliphatic heterocycles. The molecule has 0 fully saturated rings. The zero-order chi connectivity index (χ0) is 12.3. The number of carbonyl (C=O) groups is 1. The molecule has 0 aliphatic carbocycles. The van der Waals surface area contributed by atoms with Gasteiger partial charge in [0.05, 0.1) is 6.54 Å². The van der Waals surface area contributed by atoms with Gasteiger partial charge in [-0.15, -0.1) is 0 Å². The van der Waals surface area contributed by atoms with E-state index < -0.39 is 0 Å². The zero-order valence-electron chi connectivity index (χ0n) is 9.77. The lowest BCUT2D eigenvalue weighted by Gasteiger charge is -2.08. The lowest BCUT2D eigenvalue weighted by Crippen LogP contribution is -2.30. The monoisotopic (exact) mass is 234 g/mol. The SMILES string of the molecule is CCNC(=O)CNc1cc(C)nc2ncnn12. The minimum absolute atomic E-state index is 0.0600. The maximum Gasteiger partial charge on any atom is 0.254 e. The van der Waals surface area contributed by atoms with E-state index in [1.54, 1.807) is 4.52 Å². The Bertz CT molecular complexity index is 535. The molecule has 0 unspecified atom stereocenters. The molecule has 90 valence electrons. The van der Waals surface area contributed by atoms with Crippen LogP contribution in [0.3, 0.4) is 0 Å². The highest BCUT2D eigenvalue weighted by Gasteiger charge is 2.06. The van der Waals surface area contributed by atoms with Gasteiger partial charge in [-0.3, -0.25) is 4.79 Å². The number of nitrogens with zero attached hydrogens (tertiary/aromatic N) is 4. The summed E-state index contributed by atoms with van der Waals surface area (Å²) in [5, 5.41) is 9.75. The Hall–Kier alpha value is -2.18. The van der Waals surface area contributed by atoms with Crippen molar-refractivity contribution in [2.45, 2.75) is 13.8 Å². The number of aromatic nitrogens is 4. The summed E-state index contributed by atoms with van der Waals surface area (Å²) in [5.41, 5.74) is 0.823. The maximum absolute atomic E-state index is 11.3. The van der Waals surface area contributed by atoms with Crippen molar-refractivity contribution in [3.05, 3.63) is 18.1 Å². The number of anilines is 1. The number of hydrogen-bond acceptors (Lipinski definition) is 5. The summed E-state index contributed by atoms with van der Waals surface area (Å²) in [6, 6.07) is 1.82. The maximum atomic E-state index is 11.3. The number of amides is 1. The van der Waals surface area contributed by atoms with Gasteiger partial charge in [-0.05, 0) is 13.8 Å². The molecule has 0 bridgehead atoms. The molecule has 2 rings (SSSR count). The molecule has 1 amide bonds. The van der Waals surface area contributed by atoms with Gasteiger partial charge in [-0.2, -0.15) is 14.6 Å². The Balaban J connectivity index is 2.17. The summed E-state index contributed by atoms with van der Waals surface area (Å²) < 4.78 is 1.56. The summed E-state index contributed by atoms with van der Waals surface area (Å²) in [4.78, 5) is 19.6. The van der Waals surface area contributed by atoms with Crippen molar-refractivity contribution in [1.29, 1.82) is 0 Å². The number of hydrogen-bond donors (Lipinski definition) is 2. The largest absolute Gasteiger partial charge is 0.361 e. The number of likely N-dealkylation sites (N-methyl/N-ethyl adjacent to an activating group) is 1. The summed E-state index contributed by atoms with van der Waals surface area (Å²) >= 11 is 0. The smallest absolute Gasteiger partial charge is 0.254 e. The highest BCUT2D eigenvalue weighted by molar-refractivity contribution is 5.80. The molecule has 2 N–H and O–H groups in total. The quantitative estimate of drug-likeness (QED) is 0.776. The summed E-state index contributed by atoms with van der Waals surface area (Å²) in [6.07, 6.45) is 1.43. The number of nitrogens with one attached hydrogen (secondary N) is 2. The van der Waals surface area contributed by atoms with E-state index >= 15 is 0 Å². The van der Waals surface area contributed by atoms with Crippen LogP contribution in [0, 0.1) is 6.92 Å². The molecule has 0 spiro atoms. The Morgan fingerprint density at radius 2 is 2.35 bits per heavy atom. The molecule has 2 aromatic heterocycles. The van der Waals surface area contributed by atoms with Crippen LogP contribution in [0.25, 0.3) is 5.78 Å². The standard InChI is InChI=1S/C10H14N6O/c1-3-11-9(17)5-12-8-4-7(2)15-10-13-6-14-16(8)10/h4,6,12H,3,5H2,1-2H3,(H,11,17). The Kier molecular flexibility index (Phi) is 3.17. The van der Waals surface area contributed by atoms with E-state index in [1.807, 2.05) is 19.9 Å². The first-order valence-electron chi connectivity index (χ1n) is 5.38. The van der Waals surface area contributed by atoms with Gasteiger partial charge in [0.2, 0.25) is 5.91 Å². The third kappa shape index (κ3) is 2.49. The molecule has 0 aliphatic rings. The molecular formula is C10H14N6O. The Morgan fingerprint density at radius 1 is 1.53 bits per heavy atom. The van der Waals surface area contributed by atoms with E-state index in [-0.39, 0.29) is 12.5 Å². The van der Waals surface area contributed by atoms with Gasteiger partial charge in [0, 0.05) is 18.3 Å². The van der Waals surface area contributed by atoms with E-state index in [9.17, 15) is 4.79 Å². The van der Waals surface area contributed by atoms with Crippen molar-refractivity contribution in [3.63, 3.8) is 0 Å². The lowest BCUT2D eigenvalue weighted by atomic mass is 10.4. The first-order valence-corrected chi connectivity index (χ1v) is 5.38. The third-order valence-corrected chi connectivity index (χ3v) is 2.18. The predicted molar refractivity (Wildman–Crippen MR) is 62.7 cm³/mol. The molecule has 0 saturated carbocycles. The van der Waals surface area contributed by atoms with Gasteiger partial charge < -0.3 is 10.6 Å². The molecule has 2 aromatic rings. The second-order valence-corrected chi connectivity index (χ2v) is 3.56. The summed E-state index contributed by atoms with van der Waals surface area (Å²) in [5.74, 6) is 1.16. The number of carbonyl (C=O) groups excluding carboxylic acids is 1. The van der Waals surface area contributed by atoms with Crippen LogP contribution in [0.15, 0.2) is 12.4 Å². The fraction of sp³-hybridized carbons (Fsp3) is 0.400. The van der Waals surface area contributed by atoms with Crippen molar-refractivity contribution in [2.75, 3.05) is 18.4 Å². The second-order valence-electron chi connectivity index (χ2n) is 3.56. The summed E-state index contributed by atoms with van der Waals surface area (Å²) in [6.45, 7) is 4.57. The van der Waals surface area contributed by atoms with Gasteiger partial charge in [-0.1, -0.05) is 0 Å². The second kappa shape index (κ2) is 4.77. The fourth-order valence-electron chi connectivity index (χ4n) is 1.49. The van der Waals surface area contributed by atoms with Crippen molar-refractivity contribution in [1.82, 2.24) is 24.9 Å². The molecule has 0 aromatic carbocycles. The minimum atomic E-state index is -0.0600. The van der Waals surface area contributed by atoms with Gasteiger partial charge in [0.1, 0.15) is 12.1 Å². The van der Waals surface area contributed by atoms with Crippen molar-refractivity contribution >= 4 is 17.5 Å². The fourth-order valence-corrected chi connectivity index (χ4v) is 1.49. The highest BCUT2D eigenvalue weighted by Crippen LogP contribution is 2.09. The molecule has 7 nitrogen and oxygen atoms in total. The van der Waals surface area contributed by atoms with Crippen LogP contribution >= 0.6 is 0 Å². The van der Waals surface area contributed by atoms with E-state index in [2.05, 4.69) is 25.7 Å². The van der Waals surface area contributed by atoms with Crippen LogP contribution < -0.4 is 10.6 Å². The van der Waals surface area contributed by atoms with Crippen LogP contribution in [0.5, 0.6) is 0 Å². The van der Waals surface area contributed by atoms with Crippen LogP contribution in [0.2, 0.25) is 0 Å². The normalized spacial score (nSPS) is 10.5. The molecular weight excluding hydrogens is 220 g/mol. The molecule has 2 heterocycles. The van der Waals surface area contributed by atoms with Crippen LogP contribution in [-0.4, -0.2) is 38.6 Å². The van der Waals surface area contributed by atoms with Crippen LogP contribution in [0.4, 0.5) is 5.82 Å². The van der Waals surface area contributed by atoms with E-state index in [4.69, 9.17) is 0 Å². The number of fused-ring (bicyclic) bond motifs is 1. The number of rotatable bonds is 4. The molecule has 7 heteroatoms. The first kappa shape index (κ1) is 11.3. The molecule has 0 atom stereocenters. The van der Waals surface area contributed by atoms with Crippen LogP contribution in [0.1, 0.15) is 12.6 Å². The molecule has 17 heavy (non-hydrogen) atoms. The van der Waals surface area contributed by atoms with Gasteiger partial charge in [0.15, 0.2) is 0 Å². The van der Waals surface area contributed by atoms with Gasteiger partial charge in [0.25, 0.3) is 5.78 Å². The van der Waals surface area contributed by atoms with E-state index in [0.29, 0.717) is 18.1 Å². The predicted octanol–water partition coefficient (Wildman–Crippen LogP) is -0.0193. The average molecular weight is 234 g/mol. The first-order chi connectivity index (χ1) is 8.20. The van der Waals surface area contributed by atoms with E-state index in [0.717, 1.165) is 5.69 Å². The zero-order valence-corrected chi connectivity index (χ0v) is 9.77. The topological polar surface area (TPSA) is 84.2 Å². The third-order valence-electron chi connectivity index (χ3n) is 2.18. The molecule has 0 saturated heterocycles. The van der Waals surface area contributed by atoms with Gasteiger partial charge >= 0.3 is 0 Å². The van der Waals surface area contributed by atoms with Gasteiger partial charge in [-0.25, -0.2) is 4.98 Å². The van der Waals surface area contributed by atoms with Crippen molar-refractivity contribution in [3.8, 4) is 0 Å². The van der Waals surface area contributed by atoms with Crippen molar-refractivity contribution < 1.29 is 4.79 Å². The Morgan fingerprint density at radius 3 is 3.12 bits per heavy atom. The minimum Gasteiger partial charge on any atom is -0.361 e. The average Bonchev–Trinajstić information content (AvgIpc) is 2.74. The number of aryl methyl sites for hydroxylation is 1. The van der Waals surface area contributed by atoms with Crippen molar-refractivity contribution in [2.24, 2.45) is 0 Å². The van der Waals surface area contributed by atoms with Crippen LogP contribution in [-0.2, 0) is 4.79 Å². The molecule has 0 radical (unpaired) electrons. The van der Waals surface area contributed by atoms with E-state index in [1.165, 1.54) is 6.33 Å². The Labute approximate surface area is 98.3 Å².